The van der Waals surface area contributed by atoms with Crippen LogP contribution >= 0.6 is 22.9 Å². The Morgan fingerprint density at radius 2 is 2.16 bits per heavy atom. The summed E-state index contributed by atoms with van der Waals surface area (Å²) in [7, 11) is 0. The number of nitro groups is 1. The molecule has 0 aliphatic rings. The van der Waals surface area contributed by atoms with Crippen LogP contribution in [0.2, 0.25) is 5.02 Å². The first-order valence-electron chi connectivity index (χ1n) is 7.23. The van der Waals surface area contributed by atoms with Gasteiger partial charge in [-0.3, -0.25) is 14.9 Å². The average Bonchev–Trinajstić information content (AvgIpc) is 2.91. The smallest absolute Gasteiger partial charge is 0.279 e. The number of fused-ring (bicyclic) bond motifs is 1. The van der Waals surface area contributed by atoms with Crippen LogP contribution in [-0.4, -0.2) is 15.4 Å². The fourth-order valence-corrected chi connectivity index (χ4v) is 3.66. The summed E-state index contributed by atoms with van der Waals surface area (Å²) >= 11 is 7.34. The van der Waals surface area contributed by atoms with Crippen LogP contribution in [0, 0.1) is 10.1 Å². The highest BCUT2D eigenvalue weighted by atomic mass is 35.5. The molecular weight excluding hydrogens is 362 g/mol. The lowest BCUT2D eigenvalue weighted by Gasteiger charge is -2.01. The van der Waals surface area contributed by atoms with Gasteiger partial charge in [-0.1, -0.05) is 35.1 Å². The van der Waals surface area contributed by atoms with Gasteiger partial charge >= 0.3 is 0 Å². The largest absolute Gasteiger partial charge is 0.312 e. The summed E-state index contributed by atoms with van der Waals surface area (Å²) in [6.07, 6.45) is 1.71. The van der Waals surface area contributed by atoms with Crippen LogP contribution < -0.4 is 4.80 Å². The van der Waals surface area contributed by atoms with Crippen molar-refractivity contribution in [3.8, 4) is 0 Å². The Bertz CT molecular complexity index is 1070. The van der Waals surface area contributed by atoms with Gasteiger partial charge in [-0.15, -0.1) is 6.58 Å². The van der Waals surface area contributed by atoms with Crippen LogP contribution in [0.5, 0.6) is 0 Å². The van der Waals surface area contributed by atoms with Gasteiger partial charge in [0, 0.05) is 29.3 Å². The van der Waals surface area contributed by atoms with Crippen molar-refractivity contribution in [3.63, 3.8) is 0 Å². The Balaban J connectivity index is 2.12. The normalized spacial score (nSPS) is 11.6. The molecule has 0 aliphatic carbocycles. The molecule has 0 bridgehead atoms. The number of aromatic nitrogens is 1. The Kier molecular flexibility index (Phi) is 4.78. The van der Waals surface area contributed by atoms with E-state index < -0.39 is 10.8 Å². The van der Waals surface area contributed by atoms with Gasteiger partial charge in [0.15, 0.2) is 4.80 Å². The number of hydrogen-bond donors (Lipinski definition) is 0. The summed E-state index contributed by atoms with van der Waals surface area (Å²) < 4.78 is 2.73. The molecule has 0 atom stereocenters. The van der Waals surface area contributed by atoms with Crippen molar-refractivity contribution in [2.45, 2.75) is 6.54 Å². The molecule has 3 aromatic rings. The van der Waals surface area contributed by atoms with Gasteiger partial charge in [-0.2, -0.15) is 4.99 Å². The van der Waals surface area contributed by atoms with Crippen molar-refractivity contribution < 1.29 is 9.72 Å². The van der Waals surface area contributed by atoms with Gasteiger partial charge < -0.3 is 4.57 Å². The number of benzene rings is 2. The summed E-state index contributed by atoms with van der Waals surface area (Å²) in [5.74, 6) is -0.542. The van der Waals surface area contributed by atoms with Crippen molar-refractivity contribution in [2.75, 3.05) is 0 Å². The number of halogens is 1. The number of allylic oxidation sites excluding steroid dienone is 1. The van der Waals surface area contributed by atoms with Crippen molar-refractivity contribution in [2.24, 2.45) is 4.99 Å². The number of carbonyl (C=O) groups excluding carboxylic acids is 1. The van der Waals surface area contributed by atoms with E-state index in [1.54, 1.807) is 18.2 Å². The maximum atomic E-state index is 12.4. The predicted octanol–water partition coefficient (Wildman–Crippen LogP) is 4.19. The topological polar surface area (TPSA) is 77.5 Å². The number of amides is 1. The number of nitro benzene ring substituents is 1. The van der Waals surface area contributed by atoms with Crippen molar-refractivity contribution in [1.82, 2.24) is 4.57 Å². The zero-order valence-corrected chi connectivity index (χ0v) is 14.5. The summed E-state index contributed by atoms with van der Waals surface area (Å²) in [5.41, 5.74) is 0.901. The number of carbonyl (C=O) groups is 1. The Labute approximate surface area is 151 Å². The van der Waals surface area contributed by atoms with Crippen LogP contribution in [0.4, 0.5) is 5.69 Å². The molecular formula is C17H12ClN3O3S. The quantitative estimate of drug-likeness (QED) is 0.391. The maximum absolute atomic E-state index is 12.4. The SMILES string of the molecule is C=CCn1c(=NC(=O)c2cccc([N+](=O)[O-])c2)sc2cc(Cl)ccc21. The molecule has 1 amide bonds. The molecule has 126 valence electrons. The molecule has 8 heteroatoms. The van der Waals surface area contributed by atoms with Gasteiger partial charge in [-0.05, 0) is 24.3 Å². The molecule has 0 saturated heterocycles. The van der Waals surface area contributed by atoms with Gasteiger partial charge in [0.1, 0.15) is 0 Å². The summed E-state index contributed by atoms with van der Waals surface area (Å²) in [4.78, 5) is 27.4. The minimum absolute atomic E-state index is 0.150. The molecule has 2 aromatic carbocycles. The highest BCUT2D eigenvalue weighted by molar-refractivity contribution is 7.16. The number of rotatable bonds is 4. The average molecular weight is 374 g/mol. The minimum atomic E-state index is -0.546. The molecule has 0 saturated carbocycles. The lowest BCUT2D eigenvalue weighted by Crippen LogP contribution is -2.16. The second-order valence-corrected chi connectivity index (χ2v) is 6.57. The second-order valence-electron chi connectivity index (χ2n) is 5.12. The molecule has 0 N–H and O–H groups in total. The minimum Gasteiger partial charge on any atom is -0.312 e. The summed E-state index contributed by atoms with van der Waals surface area (Å²) in [6, 6.07) is 10.9. The standard InChI is InChI=1S/C17H12ClN3O3S/c1-2-8-20-14-7-6-12(18)10-15(14)25-17(20)19-16(22)11-4-3-5-13(9-11)21(23)24/h2-7,9-10H,1,8H2. The second kappa shape index (κ2) is 7.00. The Morgan fingerprint density at radius 1 is 1.36 bits per heavy atom. The van der Waals surface area contributed by atoms with E-state index in [1.165, 1.54) is 35.6 Å². The Morgan fingerprint density at radius 3 is 2.88 bits per heavy atom. The third-order valence-corrected chi connectivity index (χ3v) is 4.73. The van der Waals surface area contributed by atoms with Crippen molar-refractivity contribution in [3.05, 3.63) is 80.6 Å². The van der Waals surface area contributed by atoms with Gasteiger partial charge in [0.05, 0.1) is 15.1 Å². The van der Waals surface area contributed by atoms with Crippen LogP contribution in [0.3, 0.4) is 0 Å². The van der Waals surface area contributed by atoms with Crippen molar-refractivity contribution >= 4 is 44.7 Å². The number of non-ortho nitro benzene ring substituents is 1. The van der Waals surface area contributed by atoms with E-state index in [4.69, 9.17) is 11.6 Å². The first-order valence-corrected chi connectivity index (χ1v) is 8.42. The van der Waals surface area contributed by atoms with E-state index in [0.29, 0.717) is 16.4 Å². The molecule has 25 heavy (non-hydrogen) atoms. The van der Waals surface area contributed by atoms with Crippen LogP contribution in [0.1, 0.15) is 10.4 Å². The van der Waals surface area contributed by atoms with Crippen LogP contribution in [0.25, 0.3) is 10.2 Å². The van der Waals surface area contributed by atoms with E-state index >= 15 is 0 Å². The lowest BCUT2D eigenvalue weighted by molar-refractivity contribution is -0.384. The fraction of sp³-hybridized carbons (Fsp3) is 0.0588. The monoisotopic (exact) mass is 373 g/mol. The van der Waals surface area contributed by atoms with Gasteiger partial charge in [-0.25, -0.2) is 0 Å². The molecule has 1 aromatic heterocycles. The highest BCUT2D eigenvalue weighted by Crippen LogP contribution is 2.22. The molecule has 0 aliphatic heterocycles. The van der Waals surface area contributed by atoms with Crippen LogP contribution in [0.15, 0.2) is 60.1 Å². The number of thiazole rings is 1. The molecule has 6 nitrogen and oxygen atoms in total. The van der Waals surface area contributed by atoms with Crippen molar-refractivity contribution in [1.29, 1.82) is 0 Å². The summed E-state index contributed by atoms with van der Waals surface area (Å²) in [5, 5.41) is 11.5. The van der Waals surface area contributed by atoms with E-state index in [0.717, 1.165) is 10.2 Å². The molecule has 0 spiro atoms. The molecule has 0 unspecified atom stereocenters. The van der Waals surface area contributed by atoms with Gasteiger partial charge in [0.2, 0.25) is 0 Å². The molecule has 3 rings (SSSR count). The molecule has 1 heterocycles. The first-order chi connectivity index (χ1) is 12.0. The zero-order valence-electron chi connectivity index (χ0n) is 12.9. The third kappa shape index (κ3) is 3.52. The van der Waals surface area contributed by atoms with E-state index in [2.05, 4.69) is 11.6 Å². The Hall–Kier alpha value is -2.77. The predicted molar refractivity (Wildman–Crippen MR) is 98.0 cm³/mol. The van der Waals surface area contributed by atoms with Gasteiger partial charge in [0.25, 0.3) is 11.6 Å². The lowest BCUT2D eigenvalue weighted by atomic mass is 10.2. The zero-order chi connectivity index (χ0) is 18.0. The maximum Gasteiger partial charge on any atom is 0.279 e. The van der Waals surface area contributed by atoms with E-state index in [1.807, 2.05) is 10.6 Å². The van der Waals surface area contributed by atoms with E-state index in [-0.39, 0.29) is 11.3 Å². The number of hydrogen-bond acceptors (Lipinski definition) is 4. The van der Waals surface area contributed by atoms with Crippen LogP contribution in [-0.2, 0) is 6.54 Å². The number of nitrogens with zero attached hydrogens (tertiary/aromatic N) is 3. The fourth-order valence-electron chi connectivity index (χ4n) is 2.34. The third-order valence-electron chi connectivity index (χ3n) is 3.46. The molecule has 0 fully saturated rings. The highest BCUT2D eigenvalue weighted by Gasteiger charge is 2.12. The van der Waals surface area contributed by atoms with E-state index in [9.17, 15) is 14.9 Å². The molecule has 0 radical (unpaired) electrons. The summed E-state index contributed by atoms with van der Waals surface area (Å²) in [6.45, 7) is 4.20. The first kappa shape index (κ1) is 17.1.